The molecule has 0 aromatic heterocycles. The highest BCUT2D eigenvalue weighted by Crippen LogP contribution is 2.56. The number of anilines is 1. The van der Waals surface area contributed by atoms with Crippen molar-refractivity contribution in [3.8, 4) is 11.5 Å². The van der Waals surface area contributed by atoms with Crippen LogP contribution in [0.15, 0.2) is 72.5 Å². The second-order valence-electron chi connectivity index (χ2n) is 8.77. The van der Waals surface area contributed by atoms with Crippen molar-refractivity contribution in [1.82, 2.24) is 0 Å². The molecule has 2 aromatic rings. The summed E-state index contributed by atoms with van der Waals surface area (Å²) >= 11 is 5.94. The number of benzene rings is 2. The lowest BCUT2D eigenvalue weighted by Gasteiger charge is -2.41. The number of carbonyl (C=O) groups excluding carboxylic acids is 2. The first-order chi connectivity index (χ1) is 15.8. The van der Waals surface area contributed by atoms with Gasteiger partial charge in [-0.15, -0.1) is 0 Å². The van der Waals surface area contributed by atoms with Crippen molar-refractivity contribution in [2.45, 2.75) is 19.8 Å². The molecule has 2 aliphatic heterocycles. The molecule has 3 aliphatic rings. The first kappa shape index (κ1) is 21.5. The Bertz CT molecular complexity index is 1280. The van der Waals surface area contributed by atoms with Crippen molar-refractivity contribution in [3.05, 3.63) is 88.9 Å². The van der Waals surface area contributed by atoms with E-state index >= 15 is 0 Å². The Morgan fingerprint density at radius 3 is 2.79 bits per heavy atom. The van der Waals surface area contributed by atoms with Crippen LogP contribution in [-0.2, 0) is 16.0 Å². The Balaban J connectivity index is 1.59. The van der Waals surface area contributed by atoms with E-state index in [1.807, 2.05) is 6.08 Å². The smallest absolute Gasteiger partial charge is 0.241 e. The zero-order chi connectivity index (χ0) is 23.5. The van der Waals surface area contributed by atoms with Gasteiger partial charge in [0.2, 0.25) is 11.8 Å². The number of allylic oxidation sites excluding steroid dienone is 4. The molecule has 1 N–H and O–H groups in total. The maximum atomic E-state index is 13.9. The fourth-order valence-corrected chi connectivity index (χ4v) is 5.52. The van der Waals surface area contributed by atoms with Gasteiger partial charge in [-0.2, -0.15) is 0 Å². The minimum atomic E-state index is -1.10. The third-order valence-electron chi connectivity index (χ3n) is 6.97. The highest BCUT2D eigenvalue weighted by atomic mass is 35.5. The Morgan fingerprint density at radius 1 is 1.27 bits per heavy atom. The largest absolute Gasteiger partial charge is 0.508 e. The number of amides is 2. The van der Waals surface area contributed by atoms with E-state index in [4.69, 9.17) is 16.3 Å². The average molecular weight is 466 g/mol. The van der Waals surface area contributed by atoms with Gasteiger partial charge in [0.25, 0.3) is 0 Å². The normalized spacial score (nSPS) is 26.2. The molecule has 1 saturated heterocycles. The molecule has 1 aliphatic carbocycles. The number of rotatable bonds is 3. The van der Waals surface area contributed by atoms with Gasteiger partial charge in [-0.25, -0.2) is 9.29 Å². The molecular formula is C26H21ClFNO4. The third kappa shape index (κ3) is 3.12. The molecule has 3 atom stereocenters. The van der Waals surface area contributed by atoms with Gasteiger partial charge in [0, 0.05) is 17.9 Å². The lowest BCUT2D eigenvalue weighted by atomic mass is 9.59. The highest BCUT2D eigenvalue weighted by Gasteiger charge is 2.62. The summed E-state index contributed by atoms with van der Waals surface area (Å²) < 4.78 is 19.6. The zero-order valence-corrected chi connectivity index (χ0v) is 18.6. The van der Waals surface area contributed by atoms with E-state index in [1.54, 1.807) is 37.5 Å². The molecule has 0 spiro atoms. The molecule has 0 saturated carbocycles. The Morgan fingerprint density at radius 2 is 2.06 bits per heavy atom. The van der Waals surface area contributed by atoms with Crippen molar-refractivity contribution in [3.63, 3.8) is 0 Å². The summed E-state index contributed by atoms with van der Waals surface area (Å²) in [6.07, 6.45) is 6.11. The number of carbonyl (C=O) groups is 2. The summed E-state index contributed by atoms with van der Waals surface area (Å²) in [6.45, 7) is 5.73. The van der Waals surface area contributed by atoms with E-state index in [0.717, 1.165) is 27.7 Å². The first-order valence-electron chi connectivity index (χ1n) is 10.6. The summed E-state index contributed by atoms with van der Waals surface area (Å²) in [4.78, 5) is 28.4. The Hall–Kier alpha value is -3.38. The monoisotopic (exact) mass is 465 g/mol. The van der Waals surface area contributed by atoms with Gasteiger partial charge in [-0.05, 0) is 60.9 Å². The first-order valence-corrected chi connectivity index (χ1v) is 11.0. The fourth-order valence-electron chi connectivity index (χ4n) is 5.35. The number of phenols is 1. The fraction of sp³-hybridized carbons (Fsp3) is 0.231. The van der Waals surface area contributed by atoms with Gasteiger partial charge in [0.05, 0.1) is 28.3 Å². The molecule has 5 rings (SSSR count). The minimum absolute atomic E-state index is 0.123. The van der Waals surface area contributed by atoms with Crippen LogP contribution in [0.2, 0.25) is 5.02 Å². The second kappa shape index (κ2) is 7.59. The Labute approximate surface area is 195 Å². The quantitative estimate of drug-likeness (QED) is 0.622. The van der Waals surface area contributed by atoms with Crippen molar-refractivity contribution < 1.29 is 23.8 Å². The number of hydrogen-bond acceptors (Lipinski definition) is 4. The molecule has 5 nitrogen and oxygen atoms in total. The number of phenolic OH excluding ortho intramolecular Hbond substituents is 1. The van der Waals surface area contributed by atoms with Gasteiger partial charge >= 0.3 is 0 Å². The van der Waals surface area contributed by atoms with E-state index in [9.17, 15) is 19.1 Å². The van der Waals surface area contributed by atoms with Gasteiger partial charge in [-0.3, -0.25) is 9.59 Å². The molecule has 7 heteroatoms. The van der Waals surface area contributed by atoms with E-state index < -0.39 is 23.1 Å². The minimum Gasteiger partial charge on any atom is -0.508 e. The van der Waals surface area contributed by atoms with Crippen LogP contribution in [0.1, 0.15) is 18.9 Å². The van der Waals surface area contributed by atoms with Crippen molar-refractivity contribution in [2.24, 2.45) is 17.3 Å². The SMILES string of the molecule is C=CC1=CCC2C(=O)N(c3ccc(F)c(Cl)c3)C(=O)C2(C)C1C1=COc2ccc(O)cc2C1. The zero-order valence-electron chi connectivity index (χ0n) is 17.8. The van der Waals surface area contributed by atoms with Gasteiger partial charge in [-0.1, -0.05) is 30.3 Å². The molecule has 1 fully saturated rings. The van der Waals surface area contributed by atoms with Crippen LogP contribution in [0.3, 0.4) is 0 Å². The van der Waals surface area contributed by atoms with Gasteiger partial charge < -0.3 is 9.84 Å². The molecule has 0 radical (unpaired) electrons. The number of nitrogens with zero attached hydrogens (tertiary/aromatic N) is 1. The number of ether oxygens (including phenoxy) is 1. The molecular weight excluding hydrogens is 445 g/mol. The maximum Gasteiger partial charge on any atom is 0.241 e. The maximum absolute atomic E-state index is 13.9. The van der Waals surface area contributed by atoms with Crippen molar-refractivity contribution in [2.75, 3.05) is 4.90 Å². The third-order valence-corrected chi connectivity index (χ3v) is 7.26. The summed E-state index contributed by atoms with van der Waals surface area (Å²) in [7, 11) is 0. The summed E-state index contributed by atoms with van der Waals surface area (Å²) in [5, 5.41) is 9.76. The standard InChI is InChI=1S/C26H21ClFNO4/c1-3-14-4-7-19-24(31)29(17-5-8-21(28)20(27)12-17)25(32)26(19,2)23(14)16-10-15-11-18(30)6-9-22(15)33-13-16/h3-6,8-9,11-13,19,23,30H,1,7,10H2,2H3. The number of fused-ring (bicyclic) bond motifs is 2. The van der Waals surface area contributed by atoms with Crippen molar-refractivity contribution >= 4 is 29.1 Å². The van der Waals surface area contributed by atoms with Crippen LogP contribution in [0.4, 0.5) is 10.1 Å². The molecule has 2 aromatic carbocycles. The van der Waals surface area contributed by atoms with E-state index in [0.29, 0.717) is 18.6 Å². The average Bonchev–Trinajstić information content (AvgIpc) is 2.99. The van der Waals surface area contributed by atoms with E-state index in [-0.39, 0.29) is 28.3 Å². The van der Waals surface area contributed by atoms with Crippen LogP contribution in [0.5, 0.6) is 11.5 Å². The predicted octanol–water partition coefficient (Wildman–Crippen LogP) is 5.33. The van der Waals surface area contributed by atoms with Crippen LogP contribution in [-0.4, -0.2) is 16.9 Å². The summed E-state index contributed by atoms with van der Waals surface area (Å²) in [6, 6.07) is 8.71. The van der Waals surface area contributed by atoms with Crippen LogP contribution < -0.4 is 9.64 Å². The second-order valence-corrected chi connectivity index (χ2v) is 9.18. The molecule has 33 heavy (non-hydrogen) atoms. The van der Waals surface area contributed by atoms with Crippen LogP contribution >= 0.6 is 11.6 Å². The van der Waals surface area contributed by atoms with E-state index in [2.05, 4.69) is 6.58 Å². The van der Waals surface area contributed by atoms with Crippen molar-refractivity contribution in [1.29, 1.82) is 0 Å². The van der Waals surface area contributed by atoms with Crippen LogP contribution in [0.25, 0.3) is 0 Å². The van der Waals surface area contributed by atoms with E-state index in [1.165, 1.54) is 12.1 Å². The van der Waals surface area contributed by atoms with Gasteiger partial charge in [0.15, 0.2) is 0 Å². The number of imide groups is 1. The van der Waals surface area contributed by atoms with Crippen LogP contribution in [0, 0.1) is 23.1 Å². The summed E-state index contributed by atoms with van der Waals surface area (Å²) in [5.41, 5.74) is 1.59. The number of aromatic hydroxyl groups is 1. The molecule has 168 valence electrons. The molecule has 0 bridgehead atoms. The Kier molecular flexibility index (Phi) is 4.94. The lowest BCUT2D eigenvalue weighted by molar-refractivity contribution is -0.128. The summed E-state index contributed by atoms with van der Waals surface area (Å²) in [5.74, 6) is -1.64. The molecule has 2 amide bonds. The topological polar surface area (TPSA) is 66.8 Å². The number of halogens is 2. The lowest BCUT2D eigenvalue weighted by Crippen LogP contribution is -2.44. The number of hydrogen-bond donors (Lipinski definition) is 1. The highest BCUT2D eigenvalue weighted by molar-refractivity contribution is 6.31. The predicted molar refractivity (Wildman–Crippen MR) is 122 cm³/mol. The molecule has 3 unspecified atom stereocenters. The molecule has 2 heterocycles. The van der Waals surface area contributed by atoms with Gasteiger partial charge in [0.1, 0.15) is 17.3 Å².